The first-order chi connectivity index (χ1) is 9.69. The summed E-state index contributed by atoms with van der Waals surface area (Å²) in [6.45, 7) is 4.39. The Morgan fingerprint density at radius 2 is 1.75 bits per heavy atom. The van der Waals surface area contributed by atoms with E-state index in [1.165, 1.54) is 41.5 Å². The molecule has 0 spiro atoms. The minimum atomic E-state index is 0.393. The molecule has 2 aromatic carbocycles. The van der Waals surface area contributed by atoms with Crippen LogP contribution in [0.4, 0.5) is 0 Å². The van der Waals surface area contributed by atoms with Gasteiger partial charge in [0.25, 0.3) is 0 Å². The van der Waals surface area contributed by atoms with E-state index in [2.05, 4.69) is 78.3 Å². The summed E-state index contributed by atoms with van der Waals surface area (Å²) in [5.74, 6) is 0. The number of unbranched alkanes of at least 4 members (excludes halogenated alkanes) is 1. The van der Waals surface area contributed by atoms with Crippen LogP contribution in [0.5, 0.6) is 0 Å². The molecule has 0 bridgehead atoms. The van der Waals surface area contributed by atoms with E-state index in [0.29, 0.717) is 4.83 Å². The first kappa shape index (κ1) is 15.3. The topological polar surface area (TPSA) is 0 Å². The molecule has 1 heteroatoms. The molecule has 0 aliphatic heterocycles. The molecule has 106 valence electrons. The number of rotatable bonds is 6. The minimum absolute atomic E-state index is 0.393. The van der Waals surface area contributed by atoms with Gasteiger partial charge in [-0.2, -0.15) is 0 Å². The SMILES string of the molecule is CCCCc1ccc(C(Br)Cc2cccc(C)c2)cc1. The van der Waals surface area contributed by atoms with Crippen LogP contribution in [0.2, 0.25) is 0 Å². The molecule has 0 aliphatic carbocycles. The molecule has 0 nitrogen and oxygen atoms in total. The summed E-state index contributed by atoms with van der Waals surface area (Å²) in [6.07, 6.45) is 4.77. The van der Waals surface area contributed by atoms with Gasteiger partial charge < -0.3 is 0 Å². The van der Waals surface area contributed by atoms with Crippen molar-refractivity contribution in [2.75, 3.05) is 0 Å². The Balaban J connectivity index is 2.00. The maximum atomic E-state index is 3.82. The van der Waals surface area contributed by atoms with Crippen molar-refractivity contribution in [3.8, 4) is 0 Å². The standard InChI is InChI=1S/C19H23Br/c1-3-4-7-16-9-11-18(12-10-16)19(20)14-17-8-5-6-15(2)13-17/h5-6,8-13,19H,3-4,7,14H2,1-2H3. The Labute approximate surface area is 131 Å². The van der Waals surface area contributed by atoms with Crippen molar-refractivity contribution in [3.63, 3.8) is 0 Å². The quantitative estimate of drug-likeness (QED) is 0.568. The van der Waals surface area contributed by atoms with Gasteiger partial charge in [0.1, 0.15) is 0 Å². The van der Waals surface area contributed by atoms with Crippen molar-refractivity contribution in [2.45, 2.75) is 44.4 Å². The van der Waals surface area contributed by atoms with Gasteiger partial charge in [0.15, 0.2) is 0 Å². The van der Waals surface area contributed by atoms with Gasteiger partial charge in [-0.15, -0.1) is 0 Å². The monoisotopic (exact) mass is 330 g/mol. The normalized spacial score (nSPS) is 12.3. The fraction of sp³-hybridized carbons (Fsp3) is 0.368. The molecule has 1 unspecified atom stereocenters. The predicted octanol–water partition coefficient (Wildman–Crippen LogP) is 6.02. The van der Waals surface area contributed by atoms with Crippen LogP contribution in [0.3, 0.4) is 0 Å². The molecule has 0 saturated heterocycles. The number of hydrogen-bond acceptors (Lipinski definition) is 0. The van der Waals surface area contributed by atoms with Crippen molar-refractivity contribution in [1.29, 1.82) is 0 Å². The van der Waals surface area contributed by atoms with Crippen LogP contribution >= 0.6 is 15.9 Å². The molecule has 2 aromatic rings. The van der Waals surface area contributed by atoms with Gasteiger partial charge in [-0.05, 0) is 42.9 Å². The minimum Gasteiger partial charge on any atom is -0.0835 e. The Morgan fingerprint density at radius 3 is 2.40 bits per heavy atom. The van der Waals surface area contributed by atoms with Crippen molar-refractivity contribution in [1.82, 2.24) is 0 Å². The van der Waals surface area contributed by atoms with Crippen LogP contribution in [0.25, 0.3) is 0 Å². The number of benzene rings is 2. The van der Waals surface area contributed by atoms with Gasteiger partial charge in [-0.1, -0.05) is 83.4 Å². The second-order valence-electron chi connectivity index (χ2n) is 5.51. The molecule has 2 rings (SSSR count). The van der Waals surface area contributed by atoms with E-state index in [0.717, 1.165) is 6.42 Å². The predicted molar refractivity (Wildman–Crippen MR) is 91.6 cm³/mol. The molecule has 0 N–H and O–H groups in total. The fourth-order valence-corrected chi connectivity index (χ4v) is 3.12. The highest BCUT2D eigenvalue weighted by Crippen LogP contribution is 2.27. The Hall–Kier alpha value is -1.08. The lowest BCUT2D eigenvalue weighted by molar-refractivity contribution is 0.794. The Bertz CT molecular complexity index is 528. The van der Waals surface area contributed by atoms with Crippen LogP contribution in [0.15, 0.2) is 48.5 Å². The molecule has 0 amide bonds. The third-order valence-corrected chi connectivity index (χ3v) is 4.51. The average molecular weight is 331 g/mol. The summed E-state index contributed by atoms with van der Waals surface area (Å²) in [5, 5.41) is 0. The fourth-order valence-electron chi connectivity index (χ4n) is 2.44. The van der Waals surface area contributed by atoms with Gasteiger partial charge >= 0.3 is 0 Å². The summed E-state index contributed by atoms with van der Waals surface area (Å²) >= 11 is 3.82. The maximum Gasteiger partial charge on any atom is 0.0435 e. The number of aryl methyl sites for hydroxylation is 2. The molecule has 1 atom stereocenters. The molecule has 0 heterocycles. The molecule has 0 aliphatic rings. The van der Waals surface area contributed by atoms with E-state index in [9.17, 15) is 0 Å². The van der Waals surface area contributed by atoms with Gasteiger partial charge in [0, 0.05) is 4.83 Å². The van der Waals surface area contributed by atoms with Crippen molar-refractivity contribution >= 4 is 15.9 Å². The molecule has 0 saturated carbocycles. The number of hydrogen-bond donors (Lipinski definition) is 0. The zero-order chi connectivity index (χ0) is 14.4. The molecule has 20 heavy (non-hydrogen) atoms. The van der Waals surface area contributed by atoms with Crippen molar-refractivity contribution < 1.29 is 0 Å². The Kier molecular flexibility index (Phi) is 5.85. The Morgan fingerprint density at radius 1 is 1.00 bits per heavy atom. The zero-order valence-corrected chi connectivity index (χ0v) is 14.0. The second kappa shape index (κ2) is 7.64. The van der Waals surface area contributed by atoms with E-state index in [4.69, 9.17) is 0 Å². The van der Waals surface area contributed by atoms with Crippen LogP contribution in [-0.2, 0) is 12.8 Å². The largest absolute Gasteiger partial charge is 0.0835 e. The van der Waals surface area contributed by atoms with E-state index in [1.807, 2.05) is 0 Å². The highest BCUT2D eigenvalue weighted by atomic mass is 79.9. The average Bonchev–Trinajstić information content (AvgIpc) is 2.45. The summed E-state index contributed by atoms with van der Waals surface area (Å²) in [5.41, 5.74) is 5.54. The number of halogens is 1. The number of alkyl halides is 1. The van der Waals surface area contributed by atoms with Crippen LogP contribution < -0.4 is 0 Å². The molecule has 0 radical (unpaired) electrons. The third-order valence-electron chi connectivity index (χ3n) is 3.66. The molecule has 0 fully saturated rings. The highest BCUT2D eigenvalue weighted by molar-refractivity contribution is 9.09. The summed E-state index contributed by atoms with van der Waals surface area (Å²) in [4.78, 5) is 0.393. The zero-order valence-electron chi connectivity index (χ0n) is 12.4. The lowest BCUT2D eigenvalue weighted by Gasteiger charge is -2.12. The molecular weight excluding hydrogens is 308 g/mol. The van der Waals surface area contributed by atoms with E-state index in [-0.39, 0.29) is 0 Å². The maximum absolute atomic E-state index is 3.82. The van der Waals surface area contributed by atoms with Crippen molar-refractivity contribution in [2.24, 2.45) is 0 Å². The second-order valence-corrected chi connectivity index (χ2v) is 6.61. The van der Waals surface area contributed by atoms with E-state index in [1.54, 1.807) is 0 Å². The van der Waals surface area contributed by atoms with Crippen LogP contribution in [0, 0.1) is 6.92 Å². The van der Waals surface area contributed by atoms with Crippen LogP contribution in [0.1, 0.15) is 46.8 Å². The first-order valence-electron chi connectivity index (χ1n) is 7.47. The highest BCUT2D eigenvalue weighted by Gasteiger charge is 2.08. The smallest absolute Gasteiger partial charge is 0.0435 e. The van der Waals surface area contributed by atoms with Gasteiger partial charge in [0.05, 0.1) is 0 Å². The molecule has 0 aromatic heterocycles. The van der Waals surface area contributed by atoms with Gasteiger partial charge in [-0.25, -0.2) is 0 Å². The van der Waals surface area contributed by atoms with Gasteiger partial charge in [0.2, 0.25) is 0 Å². The van der Waals surface area contributed by atoms with Crippen LogP contribution in [-0.4, -0.2) is 0 Å². The van der Waals surface area contributed by atoms with Crippen molar-refractivity contribution in [3.05, 3.63) is 70.8 Å². The lowest BCUT2D eigenvalue weighted by Crippen LogP contribution is -1.96. The summed E-state index contributed by atoms with van der Waals surface area (Å²) in [7, 11) is 0. The third kappa shape index (κ3) is 4.49. The molecular formula is C19H23Br. The van der Waals surface area contributed by atoms with E-state index < -0.39 is 0 Å². The van der Waals surface area contributed by atoms with Gasteiger partial charge in [-0.3, -0.25) is 0 Å². The summed E-state index contributed by atoms with van der Waals surface area (Å²) < 4.78 is 0. The lowest BCUT2D eigenvalue weighted by atomic mass is 10.0. The summed E-state index contributed by atoms with van der Waals surface area (Å²) in [6, 6.07) is 17.8. The van der Waals surface area contributed by atoms with E-state index >= 15 is 0 Å². The first-order valence-corrected chi connectivity index (χ1v) is 8.39.